The lowest BCUT2D eigenvalue weighted by atomic mass is 9.96. The van der Waals surface area contributed by atoms with E-state index >= 15 is 0 Å². The van der Waals surface area contributed by atoms with Crippen molar-refractivity contribution in [1.29, 1.82) is 0 Å². The number of hydrogen-bond donors (Lipinski definition) is 0. The molecule has 32 heavy (non-hydrogen) atoms. The van der Waals surface area contributed by atoms with E-state index in [1.807, 2.05) is 0 Å². The van der Waals surface area contributed by atoms with Crippen LogP contribution in [0, 0.1) is 0 Å². The van der Waals surface area contributed by atoms with Crippen LogP contribution >= 0.6 is 21.6 Å². The Morgan fingerprint density at radius 1 is 0.375 bits per heavy atom. The van der Waals surface area contributed by atoms with Gasteiger partial charge in [0.25, 0.3) is 0 Å². The van der Waals surface area contributed by atoms with Gasteiger partial charge in [0.05, 0.1) is 0 Å². The topological polar surface area (TPSA) is 0 Å². The summed E-state index contributed by atoms with van der Waals surface area (Å²) in [6, 6.07) is 6.43. The summed E-state index contributed by atoms with van der Waals surface area (Å²) in [6.45, 7) is 0. The summed E-state index contributed by atoms with van der Waals surface area (Å²) >= 11 is 0. The number of halogens is 12. The molecule has 0 saturated carbocycles. The van der Waals surface area contributed by atoms with Crippen LogP contribution in [-0.4, -0.2) is 24.7 Å². The van der Waals surface area contributed by atoms with Crippen LogP contribution in [-0.2, 0) is 9.49 Å². The molecule has 0 fully saturated rings. The van der Waals surface area contributed by atoms with Crippen LogP contribution < -0.4 is 0 Å². The number of rotatable bonds is 5. The van der Waals surface area contributed by atoms with Gasteiger partial charge in [-0.25, -0.2) is 0 Å². The number of alkyl halides is 12. The molecule has 0 saturated heterocycles. The number of benzene rings is 2. The first kappa shape index (κ1) is 26.6. The summed E-state index contributed by atoms with van der Waals surface area (Å²) in [5.41, 5.74) is -3.13. The lowest BCUT2D eigenvalue weighted by Gasteiger charge is -2.41. The van der Waals surface area contributed by atoms with E-state index in [9.17, 15) is 52.7 Å². The van der Waals surface area contributed by atoms with Gasteiger partial charge in [-0.15, -0.1) is 0 Å². The third-order valence-corrected chi connectivity index (χ3v) is 7.98. The molecule has 0 bridgehead atoms. The molecule has 178 valence electrons. The Kier molecular flexibility index (Phi) is 7.12. The van der Waals surface area contributed by atoms with Gasteiger partial charge >= 0.3 is 24.7 Å². The molecule has 0 aliphatic rings. The molecule has 0 spiro atoms. The Bertz CT molecular complexity index is 779. The lowest BCUT2D eigenvalue weighted by Crippen LogP contribution is -2.54. The highest BCUT2D eigenvalue weighted by Crippen LogP contribution is 2.70. The van der Waals surface area contributed by atoms with Crippen LogP contribution in [0.3, 0.4) is 0 Å². The van der Waals surface area contributed by atoms with E-state index in [0.29, 0.717) is 24.3 Å². The van der Waals surface area contributed by atoms with Crippen LogP contribution in [0.1, 0.15) is 11.1 Å². The normalized spacial score (nSPS) is 14.5. The Hall–Kier alpha value is -1.70. The standard InChI is InChI=1S/C18H10F12S2/c19-15(20,21)13(16(22,23)24,11-7-3-1-4-8-11)31-32-14(17(25,26)27,18(28,29)30)12-9-5-2-6-10-12/h1-10H. The first-order chi connectivity index (χ1) is 14.4. The molecule has 0 aromatic heterocycles. The summed E-state index contributed by atoms with van der Waals surface area (Å²) < 4.78 is 156. The monoisotopic (exact) mass is 518 g/mol. The van der Waals surface area contributed by atoms with E-state index in [0.717, 1.165) is 36.4 Å². The minimum Gasteiger partial charge on any atom is -0.169 e. The fraction of sp³-hybridized carbons (Fsp3) is 0.333. The summed E-state index contributed by atoms with van der Waals surface area (Å²) in [5.74, 6) is 0. The van der Waals surface area contributed by atoms with Crippen molar-refractivity contribution in [3.05, 3.63) is 71.8 Å². The molecule has 0 amide bonds. The predicted octanol–water partition coefficient (Wildman–Crippen LogP) is 8.41. The molecule has 2 aromatic carbocycles. The molecule has 0 heterocycles. The molecule has 14 heteroatoms. The average Bonchev–Trinajstić information content (AvgIpc) is 2.62. The SMILES string of the molecule is FC(F)(F)C(SSC(c1ccccc1)(C(F)(F)F)C(F)(F)F)(c1ccccc1)C(F)(F)F. The largest absolute Gasteiger partial charge is 0.417 e. The summed E-state index contributed by atoms with van der Waals surface area (Å²) in [4.78, 5) is 0. The van der Waals surface area contributed by atoms with Crippen molar-refractivity contribution in [3.8, 4) is 0 Å². The van der Waals surface area contributed by atoms with Crippen molar-refractivity contribution in [1.82, 2.24) is 0 Å². The van der Waals surface area contributed by atoms with E-state index in [4.69, 9.17) is 0 Å². The average molecular weight is 518 g/mol. The molecule has 0 radical (unpaired) electrons. The third kappa shape index (κ3) is 4.39. The van der Waals surface area contributed by atoms with Gasteiger partial charge < -0.3 is 0 Å². The zero-order chi connectivity index (χ0) is 24.6. The smallest absolute Gasteiger partial charge is 0.169 e. The maximum Gasteiger partial charge on any atom is 0.417 e. The Labute approximate surface area is 180 Å². The van der Waals surface area contributed by atoms with E-state index in [1.165, 1.54) is 0 Å². The first-order valence-corrected chi connectivity index (χ1v) is 10.3. The highest BCUT2D eigenvalue weighted by atomic mass is 33.1. The summed E-state index contributed by atoms with van der Waals surface area (Å²) in [7, 11) is -3.16. The Morgan fingerprint density at radius 2 is 0.594 bits per heavy atom. The van der Waals surface area contributed by atoms with Crippen molar-refractivity contribution in [2.24, 2.45) is 0 Å². The molecule has 2 rings (SSSR count). The zero-order valence-electron chi connectivity index (χ0n) is 15.1. The molecule has 0 nitrogen and oxygen atoms in total. The second-order valence-corrected chi connectivity index (χ2v) is 8.81. The molecule has 0 aliphatic heterocycles. The van der Waals surface area contributed by atoms with E-state index in [1.54, 1.807) is 0 Å². The summed E-state index contributed by atoms with van der Waals surface area (Å²) in [5, 5.41) is 0. The highest BCUT2D eigenvalue weighted by molar-refractivity contribution is 8.77. The van der Waals surface area contributed by atoms with Gasteiger partial charge in [0, 0.05) is 0 Å². The maximum absolute atomic E-state index is 13.8. The highest BCUT2D eigenvalue weighted by Gasteiger charge is 2.77. The van der Waals surface area contributed by atoms with E-state index in [2.05, 4.69) is 0 Å². The van der Waals surface area contributed by atoms with Crippen LogP contribution in [0.15, 0.2) is 60.7 Å². The quantitative estimate of drug-likeness (QED) is 0.288. The van der Waals surface area contributed by atoms with Gasteiger partial charge in [0.15, 0.2) is 0 Å². The molecular formula is C18H10F12S2. The van der Waals surface area contributed by atoms with Gasteiger partial charge in [0.2, 0.25) is 9.49 Å². The Morgan fingerprint density at radius 3 is 0.781 bits per heavy atom. The minimum atomic E-state index is -6.30. The fourth-order valence-electron chi connectivity index (χ4n) is 2.73. The summed E-state index contributed by atoms with van der Waals surface area (Å²) in [6.07, 6.45) is -25.2. The Balaban J connectivity index is 2.80. The first-order valence-electron chi connectivity index (χ1n) is 8.16. The van der Waals surface area contributed by atoms with Gasteiger partial charge in [-0.05, 0) is 11.1 Å². The van der Waals surface area contributed by atoms with Crippen LogP contribution in [0.2, 0.25) is 0 Å². The lowest BCUT2D eigenvalue weighted by molar-refractivity contribution is -0.271. The van der Waals surface area contributed by atoms with Crippen molar-refractivity contribution < 1.29 is 52.7 Å². The second-order valence-electron chi connectivity index (χ2n) is 6.25. The van der Waals surface area contributed by atoms with Crippen molar-refractivity contribution >= 4 is 21.6 Å². The van der Waals surface area contributed by atoms with Gasteiger partial charge in [-0.3, -0.25) is 0 Å². The van der Waals surface area contributed by atoms with Gasteiger partial charge in [-0.2, -0.15) is 52.7 Å². The van der Waals surface area contributed by atoms with Gasteiger partial charge in [-0.1, -0.05) is 82.3 Å². The van der Waals surface area contributed by atoms with Crippen LogP contribution in [0.5, 0.6) is 0 Å². The molecule has 0 N–H and O–H groups in total. The molecule has 0 unspecified atom stereocenters. The van der Waals surface area contributed by atoms with Crippen molar-refractivity contribution in [2.75, 3.05) is 0 Å². The van der Waals surface area contributed by atoms with E-state index in [-0.39, 0.29) is 0 Å². The predicted molar refractivity (Wildman–Crippen MR) is 95.6 cm³/mol. The minimum absolute atomic E-state index is 0.333. The maximum atomic E-state index is 13.8. The molecule has 0 aliphatic carbocycles. The second kappa shape index (κ2) is 8.58. The van der Waals surface area contributed by atoms with Crippen LogP contribution in [0.4, 0.5) is 52.7 Å². The number of hydrogen-bond acceptors (Lipinski definition) is 2. The van der Waals surface area contributed by atoms with Crippen LogP contribution in [0.25, 0.3) is 0 Å². The fourth-order valence-corrected chi connectivity index (χ4v) is 6.29. The van der Waals surface area contributed by atoms with Crippen molar-refractivity contribution in [2.45, 2.75) is 34.2 Å². The molecule has 2 aromatic rings. The molecular weight excluding hydrogens is 508 g/mol. The van der Waals surface area contributed by atoms with E-state index < -0.39 is 66.9 Å². The van der Waals surface area contributed by atoms with Gasteiger partial charge in [0.1, 0.15) is 0 Å². The zero-order valence-corrected chi connectivity index (χ0v) is 16.8. The van der Waals surface area contributed by atoms with Crippen molar-refractivity contribution in [3.63, 3.8) is 0 Å². The third-order valence-electron chi connectivity index (χ3n) is 4.25. The molecule has 0 atom stereocenters.